The quantitative estimate of drug-likeness (QED) is 0.193. The molecule has 9 heteroatoms. The Bertz CT molecular complexity index is 1820. The van der Waals surface area contributed by atoms with Gasteiger partial charge < -0.3 is 20.4 Å². The van der Waals surface area contributed by atoms with E-state index in [9.17, 15) is 18.0 Å². The van der Waals surface area contributed by atoms with Crippen LogP contribution in [-0.2, 0) is 14.6 Å². The second-order valence-corrected chi connectivity index (χ2v) is 12.0. The minimum absolute atomic E-state index is 0.0971. The lowest BCUT2D eigenvalue weighted by Gasteiger charge is -2.29. The van der Waals surface area contributed by atoms with Crippen molar-refractivity contribution < 1.29 is 17.6 Å². The normalized spacial score (nSPS) is 12.8. The van der Waals surface area contributed by atoms with Gasteiger partial charge in [-0.05, 0) is 55.5 Å². The van der Waals surface area contributed by atoms with Crippen LogP contribution in [0, 0.1) is 6.92 Å². The molecule has 0 bridgehead atoms. The number of nitrogens with one attached hydrogen (secondary N) is 3. The molecule has 1 amide bonds. The van der Waals surface area contributed by atoms with Crippen LogP contribution in [0.25, 0.3) is 11.0 Å². The van der Waals surface area contributed by atoms with E-state index in [2.05, 4.69) is 16.0 Å². The molecule has 0 aliphatic heterocycles. The minimum atomic E-state index is -3.84. The summed E-state index contributed by atoms with van der Waals surface area (Å²) in [4.78, 5) is 27.8. The summed E-state index contributed by atoms with van der Waals surface area (Å²) in [5.74, 6) is -2.37. The maximum Gasteiger partial charge on any atom is 0.230 e. The Balaban J connectivity index is 1.53. The summed E-state index contributed by atoms with van der Waals surface area (Å²) in [6, 6.07) is 31.3. The smallest absolute Gasteiger partial charge is 0.230 e. The molecule has 0 saturated heterocycles. The van der Waals surface area contributed by atoms with E-state index >= 15 is 0 Å². The summed E-state index contributed by atoms with van der Waals surface area (Å²) in [6.45, 7) is 2.09. The van der Waals surface area contributed by atoms with Crippen LogP contribution in [0.15, 0.2) is 130 Å². The van der Waals surface area contributed by atoms with E-state index in [1.165, 1.54) is 18.4 Å². The average molecular weight is 582 g/mol. The SMILES string of the molecule is Cc1ccc(S(=O)(=O)CNC(=O)C(c2coc3ccccc3c2=O)C(CNc2ccccc2)Nc2ccccc2)cc1. The number of carbonyl (C=O) groups excluding carboxylic acids is 1. The lowest BCUT2D eigenvalue weighted by atomic mass is 9.90. The largest absolute Gasteiger partial charge is 0.464 e. The standard InChI is InChI=1S/C33H31N3O5S/c1-23-16-18-26(19-17-23)42(39,40)22-35-33(38)31(28-21-41-30-15-9-8-14-27(30)32(28)37)29(36-25-12-6-3-7-13-25)20-34-24-10-4-2-5-11-24/h2-19,21,29,31,34,36H,20,22H2,1H3,(H,35,38). The molecule has 214 valence electrons. The van der Waals surface area contributed by atoms with Crippen molar-refractivity contribution in [2.75, 3.05) is 23.1 Å². The summed E-state index contributed by atoms with van der Waals surface area (Å²) in [6.07, 6.45) is 1.30. The van der Waals surface area contributed by atoms with Crippen LogP contribution < -0.4 is 21.4 Å². The molecular weight excluding hydrogens is 550 g/mol. The van der Waals surface area contributed by atoms with E-state index in [0.717, 1.165) is 16.9 Å². The van der Waals surface area contributed by atoms with Gasteiger partial charge in [0.2, 0.25) is 5.91 Å². The molecule has 0 fully saturated rings. The van der Waals surface area contributed by atoms with E-state index in [4.69, 9.17) is 4.42 Å². The molecule has 5 aromatic rings. The fraction of sp³-hybridized carbons (Fsp3) is 0.152. The number of carbonyl (C=O) groups is 1. The number of amides is 1. The zero-order chi connectivity index (χ0) is 29.5. The fourth-order valence-electron chi connectivity index (χ4n) is 4.74. The second kappa shape index (κ2) is 12.7. The maximum absolute atomic E-state index is 14.0. The monoisotopic (exact) mass is 581 g/mol. The number of benzene rings is 4. The van der Waals surface area contributed by atoms with Crippen molar-refractivity contribution in [1.29, 1.82) is 0 Å². The molecule has 0 spiro atoms. The van der Waals surface area contributed by atoms with Gasteiger partial charge in [-0.15, -0.1) is 0 Å². The molecule has 1 heterocycles. The highest BCUT2D eigenvalue weighted by molar-refractivity contribution is 7.91. The Morgan fingerprint density at radius 3 is 2.12 bits per heavy atom. The lowest BCUT2D eigenvalue weighted by Crippen LogP contribution is -2.45. The van der Waals surface area contributed by atoms with E-state index in [-0.39, 0.29) is 22.4 Å². The van der Waals surface area contributed by atoms with Gasteiger partial charge in [0.1, 0.15) is 11.5 Å². The van der Waals surface area contributed by atoms with Crippen molar-refractivity contribution in [3.05, 3.63) is 137 Å². The van der Waals surface area contributed by atoms with Crippen molar-refractivity contribution in [3.8, 4) is 0 Å². The second-order valence-electron chi connectivity index (χ2n) is 9.97. The third-order valence-corrected chi connectivity index (χ3v) is 8.48. The number of fused-ring (bicyclic) bond motifs is 1. The van der Waals surface area contributed by atoms with E-state index in [0.29, 0.717) is 11.0 Å². The molecule has 8 nitrogen and oxygen atoms in total. The highest BCUT2D eigenvalue weighted by atomic mass is 32.2. The van der Waals surface area contributed by atoms with Crippen LogP contribution in [0.3, 0.4) is 0 Å². The Morgan fingerprint density at radius 2 is 1.43 bits per heavy atom. The molecule has 0 aliphatic carbocycles. The van der Waals surface area contributed by atoms with Crippen molar-refractivity contribution in [2.45, 2.75) is 23.8 Å². The average Bonchev–Trinajstić information content (AvgIpc) is 3.01. The first-order valence-electron chi connectivity index (χ1n) is 13.5. The molecule has 42 heavy (non-hydrogen) atoms. The minimum Gasteiger partial charge on any atom is -0.464 e. The molecular formula is C33H31N3O5S. The topological polar surface area (TPSA) is 118 Å². The van der Waals surface area contributed by atoms with Gasteiger partial charge in [-0.1, -0.05) is 66.2 Å². The van der Waals surface area contributed by atoms with Gasteiger partial charge >= 0.3 is 0 Å². The van der Waals surface area contributed by atoms with Gasteiger partial charge in [-0.2, -0.15) is 0 Å². The number of rotatable bonds is 11. The van der Waals surface area contributed by atoms with E-state index in [1.807, 2.05) is 67.6 Å². The van der Waals surface area contributed by atoms with Gasteiger partial charge in [-0.25, -0.2) is 8.42 Å². The third-order valence-electron chi connectivity index (χ3n) is 6.97. The van der Waals surface area contributed by atoms with Crippen LogP contribution in [0.2, 0.25) is 0 Å². The summed E-state index contributed by atoms with van der Waals surface area (Å²) >= 11 is 0. The summed E-state index contributed by atoms with van der Waals surface area (Å²) < 4.78 is 32.0. The van der Waals surface area contributed by atoms with Gasteiger partial charge in [0.25, 0.3) is 0 Å². The van der Waals surface area contributed by atoms with Crippen LogP contribution in [0.5, 0.6) is 0 Å². The zero-order valence-corrected chi connectivity index (χ0v) is 23.8. The number of para-hydroxylation sites is 3. The zero-order valence-electron chi connectivity index (χ0n) is 23.0. The predicted octanol–water partition coefficient (Wildman–Crippen LogP) is 5.33. The number of hydrogen-bond acceptors (Lipinski definition) is 7. The molecule has 5 rings (SSSR count). The molecule has 0 aliphatic rings. The molecule has 0 radical (unpaired) electrons. The van der Waals surface area contributed by atoms with Crippen LogP contribution in [0.4, 0.5) is 11.4 Å². The third kappa shape index (κ3) is 6.70. The van der Waals surface area contributed by atoms with E-state index in [1.54, 1.807) is 36.4 Å². The highest BCUT2D eigenvalue weighted by Gasteiger charge is 2.34. The Labute approximate surface area is 244 Å². The summed E-state index contributed by atoms with van der Waals surface area (Å²) in [7, 11) is -3.84. The molecule has 1 aromatic heterocycles. The fourth-order valence-corrected chi connectivity index (χ4v) is 5.79. The van der Waals surface area contributed by atoms with Crippen LogP contribution in [0.1, 0.15) is 17.0 Å². The first kappa shape index (κ1) is 28.6. The number of anilines is 2. The first-order valence-corrected chi connectivity index (χ1v) is 15.1. The van der Waals surface area contributed by atoms with Gasteiger partial charge in [0, 0.05) is 23.5 Å². The number of hydrogen-bond donors (Lipinski definition) is 3. The number of aryl methyl sites for hydroxylation is 1. The molecule has 4 aromatic carbocycles. The first-order chi connectivity index (χ1) is 20.3. The highest BCUT2D eigenvalue weighted by Crippen LogP contribution is 2.25. The molecule has 0 saturated carbocycles. The van der Waals surface area contributed by atoms with Crippen molar-refractivity contribution >= 4 is 38.1 Å². The van der Waals surface area contributed by atoms with Crippen molar-refractivity contribution in [1.82, 2.24) is 5.32 Å². The Hall–Kier alpha value is -4.89. The van der Waals surface area contributed by atoms with Crippen molar-refractivity contribution in [3.63, 3.8) is 0 Å². The van der Waals surface area contributed by atoms with Crippen LogP contribution >= 0.6 is 0 Å². The van der Waals surface area contributed by atoms with Gasteiger partial charge in [0.05, 0.1) is 28.5 Å². The summed E-state index contributed by atoms with van der Waals surface area (Å²) in [5.41, 5.74) is 2.61. The number of sulfone groups is 1. The van der Waals surface area contributed by atoms with Crippen molar-refractivity contribution in [2.24, 2.45) is 0 Å². The predicted molar refractivity (Wildman–Crippen MR) is 165 cm³/mol. The Kier molecular flexibility index (Phi) is 8.68. The van der Waals surface area contributed by atoms with Gasteiger partial charge in [-0.3, -0.25) is 9.59 Å². The van der Waals surface area contributed by atoms with Gasteiger partial charge in [0.15, 0.2) is 15.3 Å². The molecule has 2 atom stereocenters. The molecule has 3 N–H and O–H groups in total. The maximum atomic E-state index is 14.0. The Morgan fingerprint density at radius 1 is 0.810 bits per heavy atom. The van der Waals surface area contributed by atoms with Crippen LogP contribution in [-0.4, -0.2) is 32.8 Å². The lowest BCUT2D eigenvalue weighted by molar-refractivity contribution is -0.122. The summed E-state index contributed by atoms with van der Waals surface area (Å²) in [5, 5.41) is 9.65. The molecule has 2 unspecified atom stereocenters. The van der Waals surface area contributed by atoms with E-state index < -0.39 is 33.6 Å².